The van der Waals surface area contributed by atoms with E-state index in [9.17, 15) is 12.8 Å². The summed E-state index contributed by atoms with van der Waals surface area (Å²) >= 11 is 0. The molecule has 5 nitrogen and oxygen atoms in total. The van der Waals surface area contributed by atoms with E-state index in [0.717, 1.165) is 48.8 Å². The average molecular weight is 359 g/mol. The number of H-pyrrole nitrogens is 1. The Balaban J connectivity index is 1.83. The molecular formula is C18H18FN3O2S. The molecule has 130 valence electrons. The molecule has 25 heavy (non-hydrogen) atoms. The molecule has 1 fully saturated rings. The molecule has 2 heterocycles. The monoisotopic (exact) mass is 359 g/mol. The van der Waals surface area contributed by atoms with E-state index in [1.54, 1.807) is 6.07 Å². The number of nitrogens with one attached hydrogen (secondary N) is 2. The summed E-state index contributed by atoms with van der Waals surface area (Å²) < 4.78 is 39.6. The van der Waals surface area contributed by atoms with Crippen molar-refractivity contribution in [2.75, 3.05) is 31.1 Å². The molecule has 0 radical (unpaired) electrons. The summed E-state index contributed by atoms with van der Waals surface area (Å²) in [5.74, 6) is -0.747. The van der Waals surface area contributed by atoms with Crippen LogP contribution in [-0.2, 0) is 9.84 Å². The van der Waals surface area contributed by atoms with Crippen LogP contribution in [0.25, 0.3) is 10.9 Å². The Hall–Kier alpha value is -2.38. The highest BCUT2D eigenvalue weighted by molar-refractivity contribution is 7.91. The zero-order valence-electron chi connectivity index (χ0n) is 13.5. The van der Waals surface area contributed by atoms with Gasteiger partial charge in [0.25, 0.3) is 0 Å². The van der Waals surface area contributed by atoms with Gasteiger partial charge in [0.05, 0.1) is 0 Å². The number of nitrogens with zero attached hydrogens (tertiary/aromatic N) is 1. The second-order valence-corrected chi connectivity index (χ2v) is 7.93. The van der Waals surface area contributed by atoms with Crippen LogP contribution in [0, 0.1) is 5.82 Å². The molecule has 0 amide bonds. The molecule has 1 aliphatic rings. The second kappa shape index (κ2) is 6.16. The Labute approximate surface area is 145 Å². The van der Waals surface area contributed by atoms with Crippen molar-refractivity contribution in [3.05, 3.63) is 54.3 Å². The van der Waals surface area contributed by atoms with Crippen molar-refractivity contribution >= 4 is 26.4 Å². The number of aromatic amines is 1. The van der Waals surface area contributed by atoms with Gasteiger partial charge in [-0.05, 0) is 30.3 Å². The van der Waals surface area contributed by atoms with Crippen LogP contribution >= 0.6 is 0 Å². The fourth-order valence-electron chi connectivity index (χ4n) is 3.22. The molecule has 1 aliphatic heterocycles. The first-order valence-corrected chi connectivity index (χ1v) is 9.63. The molecule has 7 heteroatoms. The van der Waals surface area contributed by atoms with Gasteiger partial charge >= 0.3 is 0 Å². The fraction of sp³-hybridized carbons (Fsp3) is 0.222. The number of hydrogen-bond donors (Lipinski definition) is 2. The van der Waals surface area contributed by atoms with Crippen LogP contribution in [-0.4, -0.2) is 39.6 Å². The van der Waals surface area contributed by atoms with E-state index in [-0.39, 0.29) is 9.92 Å². The molecule has 4 rings (SSSR count). The number of fused-ring (bicyclic) bond motifs is 1. The summed E-state index contributed by atoms with van der Waals surface area (Å²) in [4.78, 5) is 4.86. The third kappa shape index (κ3) is 2.79. The number of anilines is 1. The first-order chi connectivity index (χ1) is 12.1. The standard InChI is InChI=1S/C18H18FN3O2S/c19-14-4-1-2-7-17(14)25(23,24)18-12-13-15(21-18)5-3-6-16(13)22-10-8-20-9-11-22/h1-7,12,20-21H,8-11H2. The zero-order valence-corrected chi connectivity index (χ0v) is 14.3. The molecule has 1 aromatic heterocycles. The lowest BCUT2D eigenvalue weighted by molar-refractivity contribution is 0.565. The number of benzene rings is 2. The van der Waals surface area contributed by atoms with Crippen LogP contribution in [0.3, 0.4) is 0 Å². The lowest BCUT2D eigenvalue weighted by Gasteiger charge is -2.30. The van der Waals surface area contributed by atoms with Gasteiger partial charge in [0.2, 0.25) is 9.84 Å². The van der Waals surface area contributed by atoms with Crippen LogP contribution in [0.1, 0.15) is 0 Å². The van der Waals surface area contributed by atoms with Crippen molar-refractivity contribution < 1.29 is 12.8 Å². The van der Waals surface area contributed by atoms with E-state index in [1.165, 1.54) is 18.2 Å². The summed E-state index contributed by atoms with van der Waals surface area (Å²) in [6.45, 7) is 3.50. The molecule has 1 saturated heterocycles. The number of piperazine rings is 1. The Morgan fingerprint density at radius 2 is 1.76 bits per heavy atom. The van der Waals surface area contributed by atoms with Crippen LogP contribution in [0.15, 0.2) is 58.5 Å². The Morgan fingerprint density at radius 3 is 2.52 bits per heavy atom. The summed E-state index contributed by atoms with van der Waals surface area (Å²) in [6.07, 6.45) is 0. The van der Waals surface area contributed by atoms with Gasteiger partial charge in [-0.2, -0.15) is 0 Å². The maximum atomic E-state index is 14.0. The number of halogens is 1. The molecule has 0 unspecified atom stereocenters. The molecule has 2 aromatic carbocycles. The normalized spacial score (nSPS) is 15.6. The van der Waals surface area contributed by atoms with Gasteiger partial charge in [-0.25, -0.2) is 12.8 Å². The Morgan fingerprint density at radius 1 is 1.00 bits per heavy atom. The highest BCUT2D eigenvalue weighted by Crippen LogP contribution is 2.31. The van der Waals surface area contributed by atoms with Gasteiger partial charge in [0.15, 0.2) is 0 Å². The number of hydrogen-bond acceptors (Lipinski definition) is 4. The van der Waals surface area contributed by atoms with Crippen molar-refractivity contribution in [2.45, 2.75) is 9.92 Å². The third-order valence-corrected chi connectivity index (χ3v) is 6.20. The maximum absolute atomic E-state index is 14.0. The molecular weight excluding hydrogens is 341 g/mol. The molecule has 2 N–H and O–H groups in total. The quantitative estimate of drug-likeness (QED) is 0.754. The predicted molar refractivity (Wildman–Crippen MR) is 95.2 cm³/mol. The molecule has 0 spiro atoms. The van der Waals surface area contributed by atoms with Crippen LogP contribution in [0.4, 0.5) is 10.1 Å². The molecule has 0 saturated carbocycles. The molecule has 0 atom stereocenters. The highest BCUT2D eigenvalue weighted by Gasteiger charge is 2.24. The topological polar surface area (TPSA) is 65.2 Å². The largest absolute Gasteiger partial charge is 0.368 e. The van der Waals surface area contributed by atoms with Gasteiger partial charge in [0, 0.05) is 42.8 Å². The lowest BCUT2D eigenvalue weighted by Crippen LogP contribution is -2.43. The summed E-state index contributed by atoms with van der Waals surface area (Å²) in [5, 5.41) is 4.14. The summed E-state index contributed by atoms with van der Waals surface area (Å²) in [5.41, 5.74) is 1.72. The minimum atomic E-state index is -3.94. The minimum Gasteiger partial charge on any atom is -0.368 e. The lowest BCUT2D eigenvalue weighted by atomic mass is 10.2. The van der Waals surface area contributed by atoms with Crippen molar-refractivity contribution in [1.82, 2.24) is 10.3 Å². The minimum absolute atomic E-state index is 0.00943. The van der Waals surface area contributed by atoms with E-state index < -0.39 is 15.7 Å². The number of sulfone groups is 1. The Kier molecular flexibility index (Phi) is 3.97. The van der Waals surface area contributed by atoms with Crippen molar-refractivity contribution in [1.29, 1.82) is 0 Å². The predicted octanol–water partition coefficient (Wildman–Crippen LogP) is 2.55. The van der Waals surface area contributed by atoms with Gasteiger partial charge in [-0.1, -0.05) is 18.2 Å². The molecule has 0 aliphatic carbocycles. The van der Waals surface area contributed by atoms with Gasteiger partial charge in [-0.3, -0.25) is 0 Å². The van der Waals surface area contributed by atoms with Crippen LogP contribution in [0.5, 0.6) is 0 Å². The van der Waals surface area contributed by atoms with Crippen molar-refractivity contribution in [3.8, 4) is 0 Å². The SMILES string of the molecule is O=S(=O)(c1cc2c(N3CCNCC3)cccc2[nH]1)c1ccccc1F. The maximum Gasteiger partial charge on any atom is 0.224 e. The third-order valence-electron chi connectivity index (χ3n) is 4.49. The van der Waals surface area contributed by atoms with Gasteiger partial charge in [-0.15, -0.1) is 0 Å². The number of aromatic nitrogens is 1. The van der Waals surface area contributed by atoms with E-state index in [0.29, 0.717) is 0 Å². The highest BCUT2D eigenvalue weighted by atomic mass is 32.2. The Bertz CT molecular complexity index is 1020. The average Bonchev–Trinajstić information content (AvgIpc) is 3.08. The fourth-order valence-corrected chi connectivity index (χ4v) is 4.56. The summed E-state index contributed by atoms with van der Waals surface area (Å²) in [7, 11) is -3.94. The number of rotatable bonds is 3. The van der Waals surface area contributed by atoms with Crippen LogP contribution in [0.2, 0.25) is 0 Å². The van der Waals surface area contributed by atoms with E-state index in [2.05, 4.69) is 15.2 Å². The van der Waals surface area contributed by atoms with Crippen molar-refractivity contribution in [3.63, 3.8) is 0 Å². The zero-order chi connectivity index (χ0) is 17.4. The van der Waals surface area contributed by atoms with Crippen LogP contribution < -0.4 is 10.2 Å². The smallest absolute Gasteiger partial charge is 0.224 e. The van der Waals surface area contributed by atoms with E-state index in [4.69, 9.17) is 0 Å². The molecule has 3 aromatic rings. The summed E-state index contributed by atoms with van der Waals surface area (Å²) in [6, 6.07) is 12.8. The van der Waals surface area contributed by atoms with Crippen molar-refractivity contribution in [2.24, 2.45) is 0 Å². The molecule has 0 bridgehead atoms. The van der Waals surface area contributed by atoms with Gasteiger partial charge in [0.1, 0.15) is 15.7 Å². The first kappa shape index (κ1) is 16.1. The van der Waals surface area contributed by atoms with E-state index >= 15 is 0 Å². The first-order valence-electron chi connectivity index (χ1n) is 8.14. The van der Waals surface area contributed by atoms with E-state index in [1.807, 2.05) is 18.2 Å². The second-order valence-electron chi connectivity index (χ2n) is 6.04. The van der Waals surface area contributed by atoms with Gasteiger partial charge < -0.3 is 15.2 Å².